The molecular formula is C16H19ClN2OS. The Labute approximate surface area is 135 Å². The minimum Gasteiger partial charge on any atom is -0.486 e. The zero-order valence-electron chi connectivity index (χ0n) is 12.2. The van der Waals surface area contributed by atoms with Gasteiger partial charge in [-0.2, -0.15) is 0 Å². The van der Waals surface area contributed by atoms with Gasteiger partial charge in [0.2, 0.25) is 0 Å². The second-order valence-corrected chi connectivity index (χ2v) is 5.75. The lowest BCUT2D eigenvalue weighted by Crippen LogP contribution is -2.06. The molecule has 112 valence electrons. The van der Waals surface area contributed by atoms with E-state index < -0.39 is 0 Å². The van der Waals surface area contributed by atoms with Gasteiger partial charge in [0.25, 0.3) is 0 Å². The van der Waals surface area contributed by atoms with Gasteiger partial charge < -0.3 is 10.1 Å². The molecule has 0 aliphatic heterocycles. The molecule has 0 spiro atoms. The first kappa shape index (κ1) is 16.0. The number of ether oxygens (including phenoxy) is 1. The standard InChI is InChI=1S/C16H19ClN2OS/c1-3-10-18-16-9-8-12(17)13(19-16)11-20-14-6-4-5-7-15(14)21-2/h4-9H,3,10-11H2,1-2H3,(H,18,19). The van der Waals surface area contributed by atoms with Crippen LogP contribution in [0.25, 0.3) is 0 Å². The average Bonchev–Trinajstić information content (AvgIpc) is 2.53. The number of thioether (sulfide) groups is 1. The van der Waals surface area contributed by atoms with Gasteiger partial charge in [0, 0.05) is 11.4 Å². The normalized spacial score (nSPS) is 10.4. The van der Waals surface area contributed by atoms with E-state index >= 15 is 0 Å². The van der Waals surface area contributed by atoms with Gasteiger partial charge in [0.05, 0.1) is 10.7 Å². The molecule has 2 rings (SSSR count). The summed E-state index contributed by atoms with van der Waals surface area (Å²) in [6.45, 7) is 3.37. The summed E-state index contributed by atoms with van der Waals surface area (Å²) < 4.78 is 5.86. The van der Waals surface area contributed by atoms with Crippen molar-refractivity contribution in [2.45, 2.75) is 24.8 Å². The molecule has 0 atom stereocenters. The molecule has 0 unspecified atom stereocenters. The summed E-state index contributed by atoms with van der Waals surface area (Å²) in [5, 5.41) is 3.88. The largest absolute Gasteiger partial charge is 0.486 e. The molecule has 0 aliphatic rings. The maximum atomic E-state index is 6.19. The van der Waals surface area contributed by atoms with Crippen LogP contribution in [-0.2, 0) is 6.61 Å². The number of nitrogens with zero attached hydrogens (tertiary/aromatic N) is 1. The van der Waals surface area contributed by atoms with Crippen LogP contribution in [0.1, 0.15) is 19.0 Å². The molecule has 5 heteroatoms. The topological polar surface area (TPSA) is 34.1 Å². The fraction of sp³-hybridized carbons (Fsp3) is 0.312. The third-order valence-electron chi connectivity index (χ3n) is 2.91. The maximum absolute atomic E-state index is 6.19. The number of para-hydroxylation sites is 1. The van der Waals surface area contributed by atoms with Crippen molar-refractivity contribution >= 4 is 29.2 Å². The lowest BCUT2D eigenvalue weighted by Gasteiger charge is -2.11. The van der Waals surface area contributed by atoms with E-state index in [2.05, 4.69) is 17.2 Å². The Kier molecular flexibility index (Phi) is 6.21. The summed E-state index contributed by atoms with van der Waals surface area (Å²) in [5.41, 5.74) is 0.744. The number of benzene rings is 1. The van der Waals surface area contributed by atoms with E-state index in [4.69, 9.17) is 16.3 Å². The summed E-state index contributed by atoms with van der Waals surface area (Å²) >= 11 is 7.85. The quantitative estimate of drug-likeness (QED) is 0.738. The van der Waals surface area contributed by atoms with Crippen LogP contribution in [0.3, 0.4) is 0 Å². The number of anilines is 1. The Morgan fingerprint density at radius 3 is 2.81 bits per heavy atom. The summed E-state index contributed by atoms with van der Waals surface area (Å²) in [5.74, 6) is 1.69. The predicted molar refractivity (Wildman–Crippen MR) is 90.6 cm³/mol. The molecule has 1 aromatic carbocycles. The first-order chi connectivity index (χ1) is 10.2. The van der Waals surface area contributed by atoms with Crippen molar-refractivity contribution in [1.29, 1.82) is 0 Å². The highest BCUT2D eigenvalue weighted by Crippen LogP contribution is 2.28. The van der Waals surface area contributed by atoms with Crippen molar-refractivity contribution < 1.29 is 4.74 Å². The van der Waals surface area contributed by atoms with Crippen LogP contribution >= 0.6 is 23.4 Å². The van der Waals surface area contributed by atoms with Crippen molar-refractivity contribution in [3.63, 3.8) is 0 Å². The third-order valence-corrected chi connectivity index (χ3v) is 4.03. The van der Waals surface area contributed by atoms with Gasteiger partial charge >= 0.3 is 0 Å². The Balaban J connectivity index is 2.08. The lowest BCUT2D eigenvalue weighted by molar-refractivity contribution is 0.294. The zero-order valence-corrected chi connectivity index (χ0v) is 13.8. The molecule has 0 saturated carbocycles. The van der Waals surface area contributed by atoms with Crippen LogP contribution in [0.15, 0.2) is 41.3 Å². The van der Waals surface area contributed by atoms with Crippen molar-refractivity contribution in [2.75, 3.05) is 18.1 Å². The Bertz CT molecular complexity index is 592. The summed E-state index contributed by atoms with van der Waals surface area (Å²) in [6.07, 6.45) is 3.08. The number of halogens is 1. The number of rotatable bonds is 7. The lowest BCUT2D eigenvalue weighted by atomic mass is 10.3. The van der Waals surface area contributed by atoms with Crippen LogP contribution < -0.4 is 10.1 Å². The van der Waals surface area contributed by atoms with Gasteiger partial charge in [0.1, 0.15) is 18.2 Å². The molecule has 0 bridgehead atoms. The monoisotopic (exact) mass is 322 g/mol. The molecular weight excluding hydrogens is 304 g/mol. The van der Waals surface area contributed by atoms with E-state index in [1.807, 2.05) is 42.7 Å². The molecule has 21 heavy (non-hydrogen) atoms. The van der Waals surface area contributed by atoms with Crippen molar-refractivity contribution in [2.24, 2.45) is 0 Å². The highest BCUT2D eigenvalue weighted by molar-refractivity contribution is 7.98. The zero-order chi connectivity index (χ0) is 15.1. The van der Waals surface area contributed by atoms with Gasteiger partial charge in [-0.1, -0.05) is 30.7 Å². The molecule has 2 aromatic rings. The molecule has 3 nitrogen and oxygen atoms in total. The van der Waals surface area contributed by atoms with Crippen LogP contribution in [0.4, 0.5) is 5.82 Å². The number of hydrogen-bond acceptors (Lipinski definition) is 4. The van der Waals surface area contributed by atoms with E-state index in [1.54, 1.807) is 11.8 Å². The molecule has 1 aromatic heterocycles. The fourth-order valence-corrected chi connectivity index (χ4v) is 2.52. The Hall–Kier alpha value is -1.39. The van der Waals surface area contributed by atoms with Gasteiger partial charge in [-0.3, -0.25) is 0 Å². The third kappa shape index (κ3) is 4.55. The minimum atomic E-state index is 0.359. The number of nitrogens with one attached hydrogen (secondary N) is 1. The number of hydrogen-bond donors (Lipinski definition) is 1. The van der Waals surface area contributed by atoms with Gasteiger partial charge in [-0.25, -0.2) is 4.98 Å². The van der Waals surface area contributed by atoms with Gasteiger partial charge in [-0.15, -0.1) is 11.8 Å². The summed E-state index contributed by atoms with van der Waals surface area (Å²) in [7, 11) is 0. The van der Waals surface area contributed by atoms with Crippen LogP contribution in [0, 0.1) is 0 Å². The van der Waals surface area contributed by atoms with E-state index in [9.17, 15) is 0 Å². The van der Waals surface area contributed by atoms with Crippen molar-refractivity contribution in [3.8, 4) is 5.75 Å². The fourth-order valence-electron chi connectivity index (χ4n) is 1.82. The summed E-state index contributed by atoms with van der Waals surface area (Å²) in [6, 6.07) is 11.7. The number of aromatic nitrogens is 1. The Morgan fingerprint density at radius 2 is 2.05 bits per heavy atom. The van der Waals surface area contributed by atoms with Crippen molar-refractivity contribution in [3.05, 3.63) is 47.1 Å². The number of pyridine rings is 1. The van der Waals surface area contributed by atoms with E-state index in [0.717, 1.165) is 35.1 Å². The Morgan fingerprint density at radius 1 is 1.24 bits per heavy atom. The van der Waals surface area contributed by atoms with Crippen molar-refractivity contribution in [1.82, 2.24) is 4.98 Å². The SMILES string of the molecule is CCCNc1ccc(Cl)c(COc2ccccc2SC)n1. The highest BCUT2D eigenvalue weighted by Gasteiger charge is 2.07. The second-order valence-electron chi connectivity index (χ2n) is 4.49. The molecule has 0 amide bonds. The predicted octanol–water partition coefficient (Wildman–Crippen LogP) is 4.86. The maximum Gasteiger partial charge on any atom is 0.133 e. The highest BCUT2D eigenvalue weighted by atomic mass is 35.5. The molecule has 0 aliphatic carbocycles. The molecule has 1 N–H and O–H groups in total. The van der Waals surface area contributed by atoms with Crippen LogP contribution in [0.5, 0.6) is 5.75 Å². The smallest absolute Gasteiger partial charge is 0.133 e. The van der Waals surface area contributed by atoms with Crippen LogP contribution in [0.2, 0.25) is 5.02 Å². The second kappa shape index (κ2) is 8.15. The minimum absolute atomic E-state index is 0.359. The van der Waals surface area contributed by atoms with Crippen LogP contribution in [-0.4, -0.2) is 17.8 Å². The molecule has 1 heterocycles. The first-order valence-electron chi connectivity index (χ1n) is 6.89. The van der Waals surface area contributed by atoms with E-state index in [0.29, 0.717) is 11.6 Å². The molecule has 0 fully saturated rings. The first-order valence-corrected chi connectivity index (χ1v) is 8.50. The summed E-state index contributed by atoms with van der Waals surface area (Å²) in [4.78, 5) is 5.61. The van der Waals surface area contributed by atoms with E-state index in [-0.39, 0.29) is 0 Å². The molecule has 0 saturated heterocycles. The van der Waals surface area contributed by atoms with Gasteiger partial charge in [-0.05, 0) is 36.9 Å². The molecule has 0 radical (unpaired) electrons. The average molecular weight is 323 g/mol. The van der Waals surface area contributed by atoms with Gasteiger partial charge in [0.15, 0.2) is 0 Å². The van der Waals surface area contributed by atoms with E-state index in [1.165, 1.54) is 0 Å².